The molecular weight excluding hydrogens is 266 g/mol. The summed E-state index contributed by atoms with van der Waals surface area (Å²) in [7, 11) is 0. The molecule has 0 unspecified atom stereocenters. The lowest BCUT2D eigenvalue weighted by Gasteiger charge is -2.22. The molecule has 2 rings (SSSR count). The molecule has 2 N–H and O–H groups in total. The van der Waals surface area contributed by atoms with Gasteiger partial charge in [-0.3, -0.25) is 4.79 Å². The Labute approximate surface area is 125 Å². The summed E-state index contributed by atoms with van der Waals surface area (Å²) in [5, 5.41) is 14.6. The summed E-state index contributed by atoms with van der Waals surface area (Å²) in [5.41, 5.74) is 0.741. The second kappa shape index (κ2) is 8.28. The molecular formula is C16H21N3O2. The highest BCUT2D eigenvalue weighted by molar-refractivity contribution is 5.95. The van der Waals surface area contributed by atoms with E-state index in [1.807, 2.05) is 24.3 Å². The number of nitrogens with one attached hydrogen (secondary N) is 2. The van der Waals surface area contributed by atoms with Crippen LogP contribution in [-0.2, 0) is 4.79 Å². The van der Waals surface area contributed by atoms with Crippen LogP contribution in [0, 0.1) is 11.3 Å². The number of ether oxygens (including phenoxy) is 1. The molecule has 1 amide bonds. The molecule has 0 spiro atoms. The third-order valence-electron chi connectivity index (χ3n) is 3.43. The predicted octanol–water partition coefficient (Wildman–Crippen LogP) is 2.45. The van der Waals surface area contributed by atoms with Crippen LogP contribution < -0.4 is 15.4 Å². The Bertz CT molecular complexity index is 504. The Hall–Kier alpha value is -2.06. The number of piperidine rings is 1. The number of carbonyl (C=O) groups is 1. The Morgan fingerprint density at radius 1 is 1.48 bits per heavy atom. The van der Waals surface area contributed by atoms with Crippen molar-refractivity contribution in [2.24, 2.45) is 0 Å². The van der Waals surface area contributed by atoms with Crippen molar-refractivity contribution >= 4 is 11.6 Å². The maximum absolute atomic E-state index is 12.1. The van der Waals surface area contributed by atoms with Gasteiger partial charge in [0, 0.05) is 18.2 Å². The average Bonchev–Trinajstić information content (AvgIpc) is 2.53. The number of benzene rings is 1. The fourth-order valence-corrected chi connectivity index (χ4v) is 2.31. The lowest BCUT2D eigenvalue weighted by atomic mass is 10.0. The van der Waals surface area contributed by atoms with E-state index in [-0.39, 0.29) is 11.9 Å². The average molecular weight is 287 g/mol. The van der Waals surface area contributed by atoms with E-state index in [4.69, 9.17) is 10.00 Å². The maximum Gasteiger partial charge on any atom is 0.241 e. The van der Waals surface area contributed by atoms with Crippen molar-refractivity contribution in [1.82, 2.24) is 5.32 Å². The first-order valence-corrected chi connectivity index (χ1v) is 7.43. The Morgan fingerprint density at radius 2 is 2.38 bits per heavy atom. The fourth-order valence-electron chi connectivity index (χ4n) is 2.31. The van der Waals surface area contributed by atoms with E-state index in [1.165, 1.54) is 0 Å². The van der Waals surface area contributed by atoms with Crippen molar-refractivity contribution in [2.45, 2.75) is 38.1 Å². The quantitative estimate of drug-likeness (QED) is 0.788. The molecule has 1 aromatic carbocycles. The zero-order chi connectivity index (χ0) is 14.9. The normalized spacial score (nSPS) is 17.8. The summed E-state index contributed by atoms with van der Waals surface area (Å²) in [6, 6.07) is 9.35. The van der Waals surface area contributed by atoms with E-state index in [1.54, 1.807) is 0 Å². The smallest absolute Gasteiger partial charge is 0.241 e. The van der Waals surface area contributed by atoms with Gasteiger partial charge in [-0.15, -0.1) is 0 Å². The molecule has 0 aliphatic carbocycles. The molecule has 5 nitrogen and oxygen atoms in total. The van der Waals surface area contributed by atoms with Crippen LogP contribution in [0.5, 0.6) is 5.75 Å². The first-order chi connectivity index (χ1) is 10.3. The minimum absolute atomic E-state index is 0.0105. The van der Waals surface area contributed by atoms with Crippen LogP contribution in [0.15, 0.2) is 24.3 Å². The minimum Gasteiger partial charge on any atom is -0.493 e. The summed E-state index contributed by atoms with van der Waals surface area (Å²) in [5.74, 6) is 0.721. The highest BCUT2D eigenvalue weighted by Gasteiger charge is 2.20. The number of nitriles is 1. The monoisotopic (exact) mass is 287 g/mol. The molecule has 0 aromatic heterocycles. The van der Waals surface area contributed by atoms with E-state index in [0.29, 0.717) is 25.2 Å². The van der Waals surface area contributed by atoms with Gasteiger partial charge < -0.3 is 15.4 Å². The molecule has 1 aliphatic heterocycles. The molecule has 1 heterocycles. The SMILES string of the molecule is N#CCCCOc1cccc(NC(=O)[C@H]2CCCCN2)c1. The van der Waals surface area contributed by atoms with Crippen molar-refractivity contribution < 1.29 is 9.53 Å². The van der Waals surface area contributed by atoms with Crippen LogP contribution in [0.3, 0.4) is 0 Å². The summed E-state index contributed by atoms with van der Waals surface area (Å²) >= 11 is 0. The number of rotatable bonds is 6. The van der Waals surface area contributed by atoms with Crippen LogP contribution >= 0.6 is 0 Å². The van der Waals surface area contributed by atoms with E-state index >= 15 is 0 Å². The molecule has 0 bridgehead atoms. The van der Waals surface area contributed by atoms with Crippen molar-refractivity contribution in [1.29, 1.82) is 5.26 Å². The van der Waals surface area contributed by atoms with E-state index in [2.05, 4.69) is 16.7 Å². The maximum atomic E-state index is 12.1. The highest BCUT2D eigenvalue weighted by atomic mass is 16.5. The summed E-state index contributed by atoms with van der Waals surface area (Å²) in [4.78, 5) is 12.1. The Balaban J connectivity index is 1.85. The van der Waals surface area contributed by atoms with Crippen LogP contribution in [-0.4, -0.2) is 25.1 Å². The minimum atomic E-state index is -0.0982. The van der Waals surface area contributed by atoms with Crippen LogP contribution in [0.25, 0.3) is 0 Å². The molecule has 1 aliphatic rings. The van der Waals surface area contributed by atoms with Gasteiger partial charge in [-0.1, -0.05) is 12.5 Å². The van der Waals surface area contributed by atoms with E-state index in [0.717, 1.165) is 31.5 Å². The Kier molecular flexibility index (Phi) is 6.04. The number of hydrogen-bond donors (Lipinski definition) is 2. The molecule has 1 saturated heterocycles. The second-order valence-electron chi connectivity index (χ2n) is 5.13. The third kappa shape index (κ3) is 5.09. The summed E-state index contributed by atoms with van der Waals surface area (Å²) in [6.07, 6.45) is 4.31. The zero-order valence-corrected chi connectivity index (χ0v) is 12.1. The zero-order valence-electron chi connectivity index (χ0n) is 12.1. The molecule has 21 heavy (non-hydrogen) atoms. The Morgan fingerprint density at radius 3 is 3.14 bits per heavy atom. The largest absolute Gasteiger partial charge is 0.493 e. The van der Waals surface area contributed by atoms with Gasteiger partial charge in [0.1, 0.15) is 5.75 Å². The molecule has 5 heteroatoms. The molecule has 1 aromatic rings. The molecule has 0 radical (unpaired) electrons. The van der Waals surface area contributed by atoms with Gasteiger partial charge in [0.15, 0.2) is 0 Å². The summed E-state index contributed by atoms with van der Waals surface area (Å²) < 4.78 is 5.56. The number of amides is 1. The van der Waals surface area contributed by atoms with E-state index in [9.17, 15) is 4.79 Å². The van der Waals surface area contributed by atoms with Gasteiger partial charge in [-0.05, 0) is 37.9 Å². The van der Waals surface area contributed by atoms with Crippen molar-refractivity contribution in [3.63, 3.8) is 0 Å². The molecule has 1 atom stereocenters. The lowest BCUT2D eigenvalue weighted by Crippen LogP contribution is -2.43. The number of hydrogen-bond acceptors (Lipinski definition) is 4. The number of carbonyl (C=O) groups excluding carboxylic acids is 1. The van der Waals surface area contributed by atoms with Crippen LogP contribution in [0.1, 0.15) is 32.1 Å². The third-order valence-corrected chi connectivity index (χ3v) is 3.43. The predicted molar refractivity (Wildman–Crippen MR) is 81.1 cm³/mol. The molecule has 0 saturated carbocycles. The van der Waals surface area contributed by atoms with Gasteiger partial charge >= 0.3 is 0 Å². The number of unbranched alkanes of at least 4 members (excludes halogenated alkanes) is 1. The fraction of sp³-hybridized carbons (Fsp3) is 0.500. The topological polar surface area (TPSA) is 74.1 Å². The number of nitrogens with zero attached hydrogens (tertiary/aromatic N) is 1. The standard InChI is InChI=1S/C16H21N3O2/c17-9-2-4-11-21-14-7-5-6-13(12-14)19-16(20)15-8-1-3-10-18-15/h5-7,12,15,18H,1-4,8,10-11H2,(H,19,20)/t15-/m1/s1. The first kappa shape index (κ1) is 15.3. The lowest BCUT2D eigenvalue weighted by molar-refractivity contribution is -0.118. The highest BCUT2D eigenvalue weighted by Crippen LogP contribution is 2.18. The van der Waals surface area contributed by atoms with Crippen LogP contribution in [0.4, 0.5) is 5.69 Å². The first-order valence-electron chi connectivity index (χ1n) is 7.43. The van der Waals surface area contributed by atoms with Gasteiger partial charge in [0.2, 0.25) is 5.91 Å². The second-order valence-corrected chi connectivity index (χ2v) is 5.13. The van der Waals surface area contributed by atoms with Gasteiger partial charge in [0.05, 0.1) is 18.7 Å². The van der Waals surface area contributed by atoms with Crippen LogP contribution in [0.2, 0.25) is 0 Å². The molecule has 1 fully saturated rings. The summed E-state index contributed by atoms with van der Waals surface area (Å²) in [6.45, 7) is 1.41. The van der Waals surface area contributed by atoms with Gasteiger partial charge in [-0.2, -0.15) is 5.26 Å². The van der Waals surface area contributed by atoms with E-state index < -0.39 is 0 Å². The number of anilines is 1. The molecule has 112 valence electrons. The van der Waals surface area contributed by atoms with Crippen molar-refractivity contribution in [2.75, 3.05) is 18.5 Å². The van der Waals surface area contributed by atoms with Crippen molar-refractivity contribution in [3.8, 4) is 11.8 Å². The van der Waals surface area contributed by atoms with Gasteiger partial charge in [0.25, 0.3) is 0 Å². The van der Waals surface area contributed by atoms with Crippen molar-refractivity contribution in [3.05, 3.63) is 24.3 Å². The van der Waals surface area contributed by atoms with Gasteiger partial charge in [-0.25, -0.2) is 0 Å².